The number of nitrogens with one attached hydrogen (secondary N) is 1. The molecule has 1 unspecified atom stereocenters. The zero-order valence-electron chi connectivity index (χ0n) is 11.1. The number of rotatable bonds is 4. The summed E-state index contributed by atoms with van der Waals surface area (Å²) in [5.41, 5.74) is 2.07. The average Bonchev–Trinajstić information content (AvgIpc) is 2.43. The van der Waals surface area contributed by atoms with Gasteiger partial charge in [0.15, 0.2) is 0 Å². The normalized spacial score (nSPS) is 12.4. The maximum absolute atomic E-state index is 13.8. The Balaban J connectivity index is 2.45. The van der Waals surface area contributed by atoms with Crippen LogP contribution in [0.3, 0.4) is 0 Å². The van der Waals surface area contributed by atoms with Gasteiger partial charge in [0.1, 0.15) is 11.6 Å². The van der Waals surface area contributed by atoms with Gasteiger partial charge in [-0.25, -0.2) is 8.78 Å². The summed E-state index contributed by atoms with van der Waals surface area (Å²) in [5.74, 6) is -0.835. The van der Waals surface area contributed by atoms with E-state index in [0.717, 1.165) is 24.1 Å². The molecule has 0 saturated carbocycles. The number of benzene rings is 2. The van der Waals surface area contributed by atoms with Crippen LogP contribution in [0.25, 0.3) is 11.1 Å². The molecular formula is C16H17F2N. The highest BCUT2D eigenvalue weighted by Crippen LogP contribution is 2.27. The summed E-state index contributed by atoms with van der Waals surface area (Å²) in [5, 5.41) is 3.20. The van der Waals surface area contributed by atoms with Crippen LogP contribution in [0.5, 0.6) is 0 Å². The molecule has 0 amide bonds. The van der Waals surface area contributed by atoms with Gasteiger partial charge >= 0.3 is 0 Å². The highest BCUT2D eigenvalue weighted by atomic mass is 19.1. The van der Waals surface area contributed by atoms with Crippen LogP contribution in [0.2, 0.25) is 0 Å². The van der Waals surface area contributed by atoms with Crippen molar-refractivity contribution < 1.29 is 8.78 Å². The zero-order valence-corrected chi connectivity index (χ0v) is 11.1. The Morgan fingerprint density at radius 3 is 2.58 bits per heavy atom. The molecule has 0 heterocycles. The fourth-order valence-corrected chi connectivity index (χ4v) is 2.25. The summed E-state index contributed by atoms with van der Waals surface area (Å²) in [6.45, 7) is 2.08. The van der Waals surface area contributed by atoms with Gasteiger partial charge in [0.2, 0.25) is 0 Å². The molecule has 0 aliphatic carbocycles. The number of hydrogen-bond acceptors (Lipinski definition) is 1. The lowest BCUT2D eigenvalue weighted by Gasteiger charge is -2.15. The first kappa shape index (κ1) is 13.7. The Labute approximate surface area is 112 Å². The average molecular weight is 261 g/mol. The molecule has 0 aromatic heterocycles. The van der Waals surface area contributed by atoms with Gasteiger partial charge in [-0.15, -0.1) is 0 Å². The summed E-state index contributed by atoms with van der Waals surface area (Å²) in [4.78, 5) is 0. The Bertz CT molecular complexity index is 562. The van der Waals surface area contributed by atoms with E-state index in [1.807, 2.05) is 25.2 Å². The molecular weight excluding hydrogens is 244 g/mol. The highest BCUT2D eigenvalue weighted by Gasteiger charge is 2.10. The van der Waals surface area contributed by atoms with Crippen LogP contribution in [-0.4, -0.2) is 7.05 Å². The molecule has 0 saturated heterocycles. The Kier molecular flexibility index (Phi) is 4.27. The van der Waals surface area contributed by atoms with E-state index in [1.165, 1.54) is 6.07 Å². The van der Waals surface area contributed by atoms with Crippen LogP contribution >= 0.6 is 0 Å². The minimum atomic E-state index is -0.428. The van der Waals surface area contributed by atoms with Crippen LogP contribution in [0.1, 0.15) is 24.9 Å². The van der Waals surface area contributed by atoms with Gasteiger partial charge in [0.05, 0.1) is 0 Å². The van der Waals surface area contributed by atoms with Crippen molar-refractivity contribution in [2.45, 2.75) is 19.4 Å². The van der Waals surface area contributed by atoms with Gasteiger partial charge in [0, 0.05) is 11.6 Å². The highest BCUT2D eigenvalue weighted by molar-refractivity contribution is 5.65. The van der Waals surface area contributed by atoms with Gasteiger partial charge in [0.25, 0.3) is 0 Å². The third-order valence-electron chi connectivity index (χ3n) is 3.29. The molecule has 2 rings (SSSR count). The minimum Gasteiger partial charge on any atom is -0.313 e. The van der Waals surface area contributed by atoms with E-state index in [-0.39, 0.29) is 6.04 Å². The summed E-state index contributed by atoms with van der Waals surface area (Å²) >= 11 is 0. The first-order chi connectivity index (χ1) is 9.15. The van der Waals surface area contributed by atoms with Gasteiger partial charge in [-0.1, -0.05) is 25.1 Å². The minimum absolute atomic E-state index is 0.219. The van der Waals surface area contributed by atoms with Gasteiger partial charge in [-0.3, -0.25) is 0 Å². The van der Waals surface area contributed by atoms with E-state index in [4.69, 9.17) is 0 Å². The SMILES string of the molecule is CCC(NC)c1cccc(-c2cc(F)ccc2F)c1. The third-order valence-corrected chi connectivity index (χ3v) is 3.29. The summed E-state index contributed by atoms with van der Waals surface area (Å²) in [6.07, 6.45) is 0.936. The molecule has 0 aliphatic rings. The van der Waals surface area contributed by atoms with Crippen molar-refractivity contribution in [1.29, 1.82) is 0 Å². The van der Waals surface area contributed by atoms with Crippen molar-refractivity contribution in [1.82, 2.24) is 5.32 Å². The molecule has 100 valence electrons. The van der Waals surface area contributed by atoms with Crippen LogP contribution in [0.15, 0.2) is 42.5 Å². The maximum atomic E-state index is 13.8. The van der Waals surface area contributed by atoms with E-state index in [1.54, 1.807) is 6.07 Å². The second-order valence-corrected chi connectivity index (χ2v) is 4.50. The molecule has 0 aliphatic heterocycles. The van der Waals surface area contributed by atoms with Crippen molar-refractivity contribution in [2.75, 3.05) is 7.05 Å². The molecule has 0 spiro atoms. The number of halogens is 2. The van der Waals surface area contributed by atoms with Gasteiger partial charge in [-0.05, 0) is 48.9 Å². The molecule has 3 heteroatoms. The Morgan fingerprint density at radius 1 is 1.11 bits per heavy atom. The molecule has 2 aromatic rings. The Morgan fingerprint density at radius 2 is 1.89 bits per heavy atom. The molecule has 0 bridgehead atoms. The van der Waals surface area contributed by atoms with Gasteiger partial charge < -0.3 is 5.32 Å². The van der Waals surface area contributed by atoms with Crippen molar-refractivity contribution >= 4 is 0 Å². The predicted octanol–water partition coefficient (Wildman–Crippen LogP) is 4.30. The molecule has 0 radical (unpaired) electrons. The predicted molar refractivity (Wildman–Crippen MR) is 73.9 cm³/mol. The third kappa shape index (κ3) is 2.99. The molecule has 1 atom stereocenters. The monoisotopic (exact) mass is 261 g/mol. The van der Waals surface area contributed by atoms with Crippen molar-refractivity contribution in [3.8, 4) is 11.1 Å². The summed E-state index contributed by atoms with van der Waals surface area (Å²) in [7, 11) is 1.89. The fourth-order valence-electron chi connectivity index (χ4n) is 2.25. The van der Waals surface area contributed by atoms with Crippen molar-refractivity contribution in [3.05, 3.63) is 59.7 Å². The van der Waals surface area contributed by atoms with E-state index in [2.05, 4.69) is 12.2 Å². The lowest BCUT2D eigenvalue weighted by molar-refractivity contribution is 0.577. The van der Waals surface area contributed by atoms with E-state index in [0.29, 0.717) is 11.1 Å². The molecule has 19 heavy (non-hydrogen) atoms. The van der Waals surface area contributed by atoms with Crippen LogP contribution in [0.4, 0.5) is 8.78 Å². The van der Waals surface area contributed by atoms with Crippen LogP contribution in [0, 0.1) is 11.6 Å². The topological polar surface area (TPSA) is 12.0 Å². The fraction of sp³-hybridized carbons (Fsp3) is 0.250. The van der Waals surface area contributed by atoms with E-state index in [9.17, 15) is 8.78 Å². The first-order valence-electron chi connectivity index (χ1n) is 6.38. The molecule has 2 aromatic carbocycles. The smallest absolute Gasteiger partial charge is 0.131 e. The summed E-state index contributed by atoms with van der Waals surface area (Å²) < 4.78 is 27.0. The zero-order chi connectivity index (χ0) is 13.8. The largest absolute Gasteiger partial charge is 0.313 e. The maximum Gasteiger partial charge on any atom is 0.131 e. The second-order valence-electron chi connectivity index (χ2n) is 4.50. The first-order valence-corrected chi connectivity index (χ1v) is 6.38. The number of hydrogen-bond donors (Lipinski definition) is 1. The van der Waals surface area contributed by atoms with Crippen LogP contribution < -0.4 is 5.32 Å². The van der Waals surface area contributed by atoms with Crippen molar-refractivity contribution in [3.63, 3.8) is 0 Å². The quantitative estimate of drug-likeness (QED) is 0.865. The molecule has 1 nitrogen and oxygen atoms in total. The van der Waals surface area contributed by atoms with Crippen molar-refractivity contribution in [2.24, 2.45) is 0 Å². The Hall–Kier alpha value is -1.74. The lowest BCUT2D eigenvalue weighted by Crippen LogP contribution is -2.15. The van der Waals surface area contributed by atoms with E-state index >= 15 is 0 Å². The molecule has 0 fully saturated rings. The van der Waals surface area contributed by atoms with Crippen LogP contribution in [-0.2, 0) is 0 Å². The van der Waals surface area contributed by atoms with E-state index < -0.39 is 11.6 Å². The van der Waals surface area contributed by atoms with Gasteiger partial charge in [-0.2, -0.15) is 0 Å². The second kappa shape index (κ2) is 5.93. The molecule has 1 N–H and O–H groups in total. The standard InChI is InChI=1S/C16H17F2N/c1-3-16(19-2)12-6-4-5-11(9-12)14-10-13(17)7-8-15(14)18/h4-10,16,19H,3H2,1-2H3. The summed E-state index contributed by atoms with van der Waals surface area (Å²) in [6, 6.07) is 11.3. The lowest BCUT2D eigenvalue weighted by atomic mass is 9.98.